The highest BCUT2D eigenvalue weighted by molar-refractivity contribution is 5.91. The summed E-state index contributed by atoms with van der Waals surface area (Å²) in [6.45, 7) is 0. The molecule has 0 aliphatic carbocycles. The number of hydrogen-bond donors (Lipinski definition) is 2. The molecule has 0 bridgehead atoms. The third-order valence-electron chi connectivity index (χ3n) is 4.03. The van der Waals surface area contributed by atoms with Crippen LogP contribution in [0.4, 0.5) is 17.1 Å². The molecular weight excluding hydrogens is 324 g/mol. The van der Waals surface area contributed by atoms with E-state index in [1.807, 2.05) is 78.9 Å². The Morgan fingerprint density at radius 1 is 0.808 bits per heavy atom. The first-order valence-electron chi connectivity index (χ1n) is 8.58. The van der Waals surface area contributed by atoms with Crippen molar-refractivity contribution in [2.45, 2.75) is 12.8 Å². The highest BCUT2D eigenvalue weighted by atomic mass is 16.5. The van der Waals surface area contributed by atoms with Crippen molar-refractivity contribution in [2.75, 3.05) is 17.7 Å². The summed E-state index contributed by atoms with van der Waals surface area (Å²) in [5.41, 5.74) is 3.92. The van der Waals surface area contributed by atoms with E-state index in [1.54, 1.807) is 7.11 Å². The van der Waals surface area contributed by atoms with Crippen LogP contribution in [0.3, 0.4) is 0 Å². The molecule has 2 N–H and O–H groups in total. The first-order chi connectivity index (χ1) is 12.7. The van der Waals surface area contributed by atoms with Crippen LogP contribution in [0.15, 0.2) is 78.9 Å². The van der Waals surface area contributed by atoms with Gasteiger partial charge in [-0.1, -0.05) is 30.3 Å². The van der Waals surface area contributed by atoms with Gasteiger partial charge in [0.25, 0.3) is 0 Å². The Hall–Kier alpha value is -3.27. The van der Waals surface area contributed by atoms with E-state index < -0.39 is 0 Å². The predicted molar refractivity (Wildman–Crippen MR) is 106 cm³/mol. The number of hydrogen-bond acceptors (Lipinski definition) is 3. The van der Waals surface area contributed by atoms with Gasteiger partial charge in [0, 0.05) is 23.5 Å². The largest absolute Gasteiger partial charge is 0.497 e. The number of anilines is 3. The highest BCUT2D eigenvalue weighted by Gasteiger charge is 2.04. The monoisotopic (exact) mass is 346 g/mol. The summed E-state index contributed by atoms with van der Waals surface area (Å²) >= 11 is 0. The third kappa shape index (κ3) is 5.11. The van der Waals surface area contributed by atoms with Crippen LogP contribution in [-0.2, 0) is 11.2 Å². The van der Waals surface area contributed by atoms with Gasteiger partial charge in [-0.2, -0.15) is 0 Å². The van der Waals surface area contributed by atoms with Gasteiger partial charge in [0.15, 0.2) is 0 Å². The van der Waals surface area contributed by atoms with Crippen LogP contribution in [0.1, 0.15) is 12.0 Å². The maximum Gasteiger partial charge on any atom is 0.224 e. The number of para-hydroxylation sites is 1. The minimum Gasteiger partial charge on any atom is -0.497 e. The average Bonchev–Trinajstić information content (AvgIpc) is 2.69. The smallest absolute Gasteiger partial charge is 0.224 e. The first-order valence-corrected chi connectivity index (χ1v) is 8.58. The molecule has 0 aromatic heterocycles. The van der Waals surface area contributed by atoms with Gasteiger partial charge in [0.2, 0.25) is 5.91 Å². The Morgan fingerprint density at radius 2 is 1.42 bits per heavy atom. The molecule has 0 unspecified atom stereocenters. The summed E-state index contributed by atoms with van der Waals surface area (Å²) in [6, 6.07) is 25.5. The van der Waals surface area contributed by atoms with Gasteiger partial charge < -0.3 is 15.4 Å². The molecule has 0 spiro atoms. The molecule has 0 saturated carbocycles. The molecule has 0 radical (unpaired) electrons. The Kier molecular flexibility index (Phi) is 5.88. The van der Waals surface area contributed by atoms with Crippen LogP contribution in [0, 0.1) is 0 Å². The van der Waals surface area contributed by atoms with Crippen LogP contribution in [0.5, 0.6) is 5.75 Å². The van der Waals surface area contributed by atoms with Crippen molar-refractivity contribution < 1.29 is 9.53 Å². The van der Waals surface area contributed by atoms with Crippen LogP contribution >= 0.6 is 0 Å². The van der Waals surface area contributed by atoms with Crippen molar-refractivity contribution in [1.82, 2.24) is 0 Å². The number of aryl methyl sites for hydroxylation is 1. The zero-order chi connectivity index (χ0) is 18.2. The van der Waals surface area contributed by atoms with Crippen LogP contribution < -0.4 is 15.4 Å². The molecule has 0 aliphatic rings. The molecule has 0 heterocycles. The third-order valence-corrected chi connectivity index (χ3v) is 4.03. The van der Waals surface area contributed by atoms with Gasteiger partial charge in [-0.05, 0) is 60.5 Å². The molecule has 26 heavy (non-hydrogen) atoms. The van der Waals surface area contributed by atoms with Crippen molar-refractivity contribution in [3.63, 3.8) is 0 Å². The fourth-order valence-corrected chi connectivity index (χ4v) is 2.60. The van der Waals surface area contributed by atoms with E-state index in [0.717, 1.165) is 28.4 Å². The number of ether oxygens (including phenoxy) is 1. The molecular formula is C22H22N2O2. The molecule has 0 aliphatic heterocycles. The number of carbonyl (C=O) groups excluding carboxylic acids is 1. The minimum absolute atomic E-state index is 0.00425. The number of methoxy groups -OCH3 is 1. The Bertz CT molecular complexity index is 828. The molecule has 3 aromatic rings. The van der Waals surface area contributed by atoms with Crippen molar-refractivity contribution in [1.29, 1.82) is 0 Å². The standard InChI is InChI=1S/C22H22N2O2/c1-26-21-14-7-17(8-15-21)9-16-22(25)24-20-12-10-19(11-13-20)23-18-5-3-2-4-6-18/h2-8,10-15,23H,9,16H2,1H3,(H,24,25). The second kappa shape index (κ2) is 8.72. The molecule has 0 fully saturated rings. The fourth-order valence-electron chi connectivity index (χ4n) is 2.60. The molecule has 3 aromatic carbocycles. The van der Waals surface area contributed by atoms with Crippen LogP contribution in [-0.4, -0.2) is 13.0 Å². The summed E-state index contributed by atoms with van der Waals surface area (Å²) in [7, 11) is 1.64. The molecule has 0 atom stereocenters. The zero-order valence-corrected chi connectivity index (χ0v) is 14.7. The van der Waals surface area contributed by atoms with Crippen molar-refractivity contribution in [3.05, 3.63) is 84.4 Å². The Morgan fingerprint density at radius 3 is 2.08 bits per heavy atom. The van der Waals surface area contributed by atoms with Crippen LogP contribution in [0.25, 0.3) is 0 Å². The van der Waals surface area contributed by atoms with Gasteiger partial charge in [0.05, 0.1) is 7.11 Å². The van der Waals surface area contributed by atoms with Gasteiger partial charge >= 0.3 is 0 Å². The van der Waals surface area contributed by atoms with E-state index in [-0.39, 0.29) is 5.91 Å². The second-order valence-electron chi connectivity index (χ2n) is 5.96. The van der Waals surface area contributed by atoms with Gasteiger partial charge in [-0.25, -0.2) is 0 Å². The van der Waals surface area contributed by atoms with E-state index >= 15 is 0 Å². The van der Waals surface area contributed by atoms with Crippen molar-refractivity contribution in [3.8, 4) is 5.75 Å². The quantitative estimate of drug-likeness (QED) is 0.632. The maximum atomic E-state index is 12.1. The summed E-state index contributed by atoms with van der Waals surface area (Å²) in [6.07, 6.45) is 1.14. The predicted octanol–water partition coefficient (Wildman–Crippen LogP) is 5.01. The average molecular weight is 346 g/mol. The molecule has 132 valence electrons. The van der Waals surface area contributed by atoms with E-state index in [2.05, 4.69) is 10.6 Å². The number of carbonyl (C=O) groups is 1. The second-order valence-corrected chi connectivity index (χ2v) is 5.96. The van der Waals surface area contributed by atoms with Crippen molar-refractivity contribution in [2.24, 2.45) is 0 Å². The number of rotatable bonds is 7. The van der Waals surface area contributed by atoms with Crippen LogP contribution in [0.2, 0.25) is 0 Å². The molecule has 1 amide bonds. The SMILES string of the molecule is COc1ccc(CCC(=O)Nc2ccc(Nc3ccccc3)cc2)cc1. The summed E-state index contributed by atoms with van der Waals surface area (Å²) in [5.74, 6) is 0.826. The number of nitrogens with one attached hydrogen (secondary N) is 2. The topological polar surface area (TPSA) is 50.4 Å². The molecule has 4 heteroatoms. The summed E-state index contributed by atoms with van der Waals surface area (Å²) in [4.78, 5) is 12.1. The van der Waals surface area contributed by atoms with E-state index in [0.29, 0.717) is 12.8 Å². The zero-order valence-electron chi connectivity index (χ0n) is 14.7. The molecule has 0 saturated heterocycles. The lowest BCUT2D eigenvalue weighted by Gasteiger charge is -2.09. The number of benzene rings is 3. The summed E-state index contributed by atoms with van der Waals surface area (Å²) in [5, 5.41) is 6.25. The molecule has 4 nitrogen and oxygen atoms in total. The highest BCUT2D eigenvalue weighted by Crippen LogP contribution is 2.19. The normalized spacial score (nSPS) is 10.2. The van der Waals surface area contributed by atoms with E-state index in [4.69, 9.17) is 4.74 Å². The molecule has 3 rings (SSSR count). The lowest BCUT2D eigenvalue weighted by molar-refractivity contribution is -0.116. The van der Waals surface area contributed by atoms with Gasteiger partial charge in [0.1, 0.15) is 5.75 Å². The van der Waals surface area contributed by atoms with E-state index in [9.17, 15) is 4.79 Å². The lowest BCUT2D eigenvalue weighted by atomic mass is 10.1. The Balaban J connectivity index is 1.49. The minimum atomic E-state index is 0.00425. The van der Waals surface area contributed by atoms with Gasteiger partial charge in [-0.3, -0.25) is 4.79 Å². The van der Waals surface area contributed by atoms with E-state index in [1.165, 1.54) is 0 Å². The fraction of sp³-hybridized carbons (Fsp3) is 0.136. The van der Waals surface area contributed by atoms with Crippen molar-refractivity contribution >= 4 is 23.0 Å². The maximum absolute atomic E-state index is 12.1. The van der Waals surface area contributed by atoms with Gasteiger partial charge in [-0.15, -0.1) is 0 Å². The number of amides is 1. The lowest BCUT2D eigenvalue weighted by Crippen LogP contribution is -2.12. The Labute approximate surface area is 153 Å². The summed E-state index contributed by atoms with van der Waals surface area (Å²) < 4.78 is 5.14. The first kappa shape index (κ1) is 17.5.